The van der Waals surface area contributed by atoms with Gasteiger partial charge in [0.2, 0.25) is 10.0 Å². The van der Waals surface area contributed by atoms with Crippen molar-refractivity contribution >= 4 is 10.0 Å². The fraction of sp³-hybridized carbons (Fsp3) is 0.600. The van der Waals surface area contributed by atoms with Gasteiger partial charge in [0.15, 0.2) is 0 Å². The van der Waals surface area contributed by atoms with E-state index >= 15 is 0 Å². The van der Waals surface area contributed by atoms with Gasteiger partial charge in [-0.15, -0.1) is 0 Å². The first-order valence-corrected chi connectivity index (χ1v) is 8.75. The third kappa shape index (κ3) is 3.83. The Hall–Kier alpha value is -0.950. The molecule has 0 aliphatic heterocycles. The van der Waals surface area contributed by atoms with Crippen LogP contribution in [0.3, 0.4) is 0 Å². The highest BCUT2D eigenvalue weighted by atomic mass is 32.2. The van der Waals surface area contributed by atoms with Crippen LogP contribution in [-0.2, 0) is 16.6 Å². The van der Waals surface area contributed by atoms with Crippen LogP contribution in [0.2, 0.25) is 0 Å². The SMILES string of the molecule is CN(C)S(=O)(=O)c1cccc(CN(CCO)C2CCC2)c1. The van der Waals surface area contributed by atoms with Crippen LogP contribution in [0, 0.1) is 0 Å². The molecule has 6 heteroatoms. The maximum Gasteiger partial charge on any atom is 0.242 e. The van der Waals surface area contributed by atoms with Crippen molar-refractivity contribution in [3.8, 4) is 0 Å². The summed E-state index contributed by atoms with van der Waals surface area (Å²) in [4.78, 5) is 2.56. The maximum absolute atomic E-state index is 12.2. The number of nitrogens with zero attached hydrogens (tertiary/aromatic N) is 2. The summed E-state index contributed by atoms with van der Waals surface area (Å²) in [5.74, 6) is 0. The van der Waals surface area contributed by atoms with E-state index in [1.807, 2.05) is 6.07 Å². The fourth-order valence-electron chi connectivity index (χ4n) is 2.52. The molecule has 0 bridgehead atoms. The number of hydrogen-bond acceptors (Lipinski definition) is 4. The summed E-state index contributed by atoms with van der Waals surface area (Å²) in [5.41, 5.74) is 0.971. The Morgan fingerprint density at radius 3 is 2.52 bits per heavy atom. The lowest BCUT2D eigenvalue weighted by atomic mass is 9.91. The molecule has 1 aromatic rings. The zero-order chi connectivity index (χ0) is 15.5. The van der Waals surface area contributed by atoms with Gasteiger partial charge >= 0.3 is 0 Å². The largest absolute Gasteiger partial charge is 0.395 e. The van der Waals surface area contributed by atoms with E-state index < -0.39 is 10.0 Å². The predicted molar refractivity (Wildman–Crippen MR) is 82.4 cm³/mol. The van der Waals surface area contributed by atoms with E-state index in [-0.39, 0.29) is 6.61 Å². The van der Waals surface area contributed by atoms with E-state index in [0.717, 1.165) is 18.4 Å². The molecule has 0 unspecified atom stereocenters. The van der Waals surface area contributed by atoms with Crippen molar-refractivity contribution in [1.82, 2.24) is 9.21 Å². The number of sulfonamides is 1. The maximum atomic E-state index is 12.2. The lowest BCUT2D eigenvalue weighted by molar-refractivity contribution is 0.0945. The van der Waals surface area contributed by atoms with E-state index in [1.54, 1.807) is 18.2 Å². The molecule has 1 fully saturated rings. The number of hydrogen-bond donors (Lipinski definition) is 1. The van der Waals surface area contributed by atoms with Gasteiger partial charge in [0, 0.05) is 33.2 Å². The summed E-state index contributed by atoms with van der Waals surface area (Å²) in [6, 6.07) is 7.60. The van der Waals surface area contributed by atoms with Crippen molar-refractivity contribution in [2.24, 2.45) is 0 Å². The summed E-state index contributed by atoms with van der Waals surface area (Å²) in [6.45, 7) is 1.45. The van der Waals surface area contributed by atoms with Gasteiger partial charge in [0.1, 0.15) is 0 Å². The molecule has 1 N–H and O–H groups in total. The standard InChI is InChI=1S/C15H24N2O3S/c1-16(2)21(19,20)15-8-3-5-13(11-15)12-17(9-10-18)14-6-4-7-14/h3,5,8,11,14,18H,4,6-7,9-10,12H2,1-2H3. The molecule has 0 heterocycles. The second-order valence-electron chi connectivity index (χ2n) is 5.71. The van der Waals surface area contributed by atoms with Gasteiger partial charge in [-0.1, -0.05) is 18.6 Å². The van der Waals surface area contributed by atoms with Crippen molar-refractivity contribution in [1.29, 1.82) is 0 Å². The molecule has 1 saturated carbocycles. The smallest absolute Gasteiger partial charge is 0.242 e. The molecule has 118 valence electrons. The van der Waals surface area contributed by atoms with Crippen LogP contribution < -0.4 is 0 Å². The Balaban J connectivity index is 2.16. The van der Waals surface area contributed by atoms with Crippen LogP contribution in [-0.4, -0.2) is 56.0 Å². The van der Waals surface area contributed by atoms with E-state index in [4.69, 9.17) is 0 Å². The lowest BCUT2D eigenvalue weighted by Crippen LogP contribution is -2.41. The lowest BCUT2D eigenvalue weighted by Gasteiger charge is -2.37. The predicted octanol–water partition coefficient (Wildman–Crippen LogP) is 1.28. The first-order chi connectivity index (χ1) is 9.95. The molecule has 0 atom stereocenters. The number of aliphatic hydroxyl groups excluding tert-OH is 1. The summed E-state index contributed by atoms with van der Waals surface area (Å²) in [7, 11) is -0.322. The van der Waals surface area contributed by atoms with Gasteiger partial charge in [-0.3, -0.25) is 4.90 Å². The zero-order valence-corrected chi connectivity index (χ0v) is 13.5. The summed E-state index contributed by atoms with van der Waals surface area (Å²) >= 11 is 0. The molecule has 21 heavy (non-hydrogen) atoms. The fourth-order valence-corrected chi connectivity index (χ4v) is 3.49. The molecule has 0 aromatic heterocycles. The van der Waals surface area contributed by atoms with Crippen LogP contribution in [0.15, 0.2) is 29.2 Å². The van der Waals surface area contributed by atoms with Crippen LogP contribution in [0.4, 0.5) is 0 Å². The van der Waals surface area contributed by atoms with Crippen LogP contribution >= 0.6 is 0 Å². The summed E-state index contributed by atoms with van der Waals surface area (Å²) in [5, 5.41) is 9.20. The Bertz CT molecular complexity index is 568. The molecule has 1 aromatic carbocycles. The summed E-state index contributed by atoms with van der Waals surface area (Å²) in [6.07, 6.45) is 3.56. The zero-order valence-electron chi connectivity index (χ0n) is 12.7. The highest BCUT2D eigenvalue weighted by Gasteiger charge is 2.25. The Morgan fingerprint density at radius 1 is 1.29 bits per heavy atom. The van der Waals surface area contributed by atoms with Gasteiger partial charge in [0.05, 0.1) is 11.5 Å². The number of aliphatic hydroxyl groups is 1. The van der Waals surface area contributed by atoms with E-state index in [0.29, 0.717) is 24.0 Å². The Labute approximate surface area is 127 Å². The minimum absolute atomic E-state index is 0.131. The Kier molecular flexibility index (Phi) is 5.37. The van der Waals surface area contributed by atoms with Crippen molar-refractivity contribution in [3.05, 3.63) is 29.8 Å². The highest BCUT2D eigenvalue weighted by Crippen LogP contribution is 2.26. The van der Waals surface area contributed by atoms with Gasteiger partial charge in [-0.25, -0.2) is 12.7 Å². The first kappa shape index (κ1) is 16.4. The molecular formula is C15H24N2O3S. The highest BCUT2D eigenvalue weighted by molar-refractivity contribution is 7.89. The quantitative estimate of drug-likeness (QED) is 0.824. The molecule has 2 rings (SSSR count). The van der Waals surface area contributed by atoms with Gasteiger partial charge in [-0.2, -0.15) is 0 Å². The molecule has 1 aliphatic carbocycles. The topological polar surface area (TPSA) is 60.9 Å². The minimum Gasteiger partial charge on any atom is -0.395 e. The normalized spacial score (nSPS) is 16.4. The molecule has 0 spiro atoms. The van der Waals surface area contributed by atoms with Crippen molar-refractivity contribution in [3.63, 3.8) is 0 Å². The van der Waals surface area contributed by atoms with E-state index in [2.05, 4.69) is 4.90 Å². The van der Waals surface area contributed by atoms with Crippen LogP contribution in [0.5, 0.6) is 0 Å². The van der Waals surface area contributed by atoms with Crippen LogP contribution in [0.1, 0.15) is 24.8 Å². The summed E-state index contributed by atoms with van der Waals surface area (Å²) < 4.78 is 25.6. The van der Waals surface area contributed by atoms with Crippen molar-refractivity contribution in [2.45, 2.75) is 36.7 Å². The first-order valence-electron chi connectivity index (χ1n) is 7.31. The van der Waals surface area contributed by atoms with E-state index in [1.165, 1.54) is 24.8 Å². The number of benzene rings is 1. The number of rotatable bonds is 7. The molecule has 0 radical (unpaired) electrons. The molecule has 5 nitrogen and oxygen atoms in total. The van der Waals surface area contributed by atoms with Crippen molar-refractivity contribution < 1.29 is 13.5 Å². The molecule has 0 saturated heterocycles. The molecule has 0 amide bonds. The monoisotopic (exact) mass is 312 g/mol. The minimum atomic E-state index is -3.39. The molecular weight excluding hydrogens is 288 g/mol. The second kappa shape index (κ2) is 6.87. The van der Waals surface area contributed by atoms with E-state index in [9.17, 15) is 13.5 Å². The van der Waals surface area contributed by atoms with Gasteiger partial charge < -0.3 is 5.11 Å². The molecule has 1 aliphatic rings. The van der Waals surface area contributed by atoms with Gasteiger partial charge in [0.25, 0.3) is 0 Å². The van der Waals surface area contributed by atoms with Crippen molar-refractivity contribution in [2.75, 3.05) is 27.2 Å². The third-order valence-electron chi connectivity index (χ3n) is 4.04. The third-order valence-corrected chi connectivity index (χ3v) is 5.85. The Morgan fingerprint density at radius 2 is 2.00 bits per heavy atom. The average molecular weight is 312 g/mol. The van der Waals surface area contributed by atoms with Gasteiger partial charge in [-0.05, 0) is 30.5 Å². The second-order valence-corrected chi connectivity index (χ2v) is 7.87. The average Bonchev–Trinajstić information content (AvgIpc) is 2.37. The van der Waals surface area contributed by atoms with Crippen LogP contribution in [0.25, 0.3) is 0 Å².